The Hall–Kier alpha value is -3.13. The van der Waals surface area contributed by atoms with E-state index in [1.807, 2.05) is 30.3 Å². The molecule has 0 amide bonds. The summed E-state index contributed by atoms with van der Waals surface area (Å²) in [5, 5.41) is 2.14. The molecule has 1 aromatic heterocycles. The Labute approximate surface area is 153 Å². The van der Waals surface area contributed by atoms with Crippen LogP contribution >= 0.6 is 0 Å². The molecule has 0 N–H and O–H groups in total. The minimum Gasteiger partial charge on any atom is -0.438 e. The van der Waals surface area contributed by atoms with E-state index in [1.165, 1.54) is 5.56 Å². The Morgan fingerprint density at radius 1 is 0.731 bits per heavy atom. The molecule has 0 unspecified atom stereocenters. The molecule has 2 nitrogen and oxygen atoms in total. The molecule has 4 rings (SSSR count). The van der Waals surface area contributed by atoms with Gasteiger partial charge < -0.3 is 4.42 Å². The van der Waals surface area contributed by atoms with Gasteiger partial charge in [-0.2, -0.15) is 0 Å². The largest absolute Gasteiger partial charge is 0.438 e. The van der Waals surface area contributed by atoms with Crippen molar-refractivity contribution in [2.75, 3.05) is 0 Å². The third kappa shape index (κ3) is 3.06. The molecule has 2 heteroatoms. The van der Waals surface area contributed by atoms with Crippen LogP contribution in [0.15, 0.2) is 82.2 Å². The second kappa shape index (κ2) is 6.64. The van der Waals surface area contributed by atoms with Crippen molar-refractivity contribution in [2.24, 2.45) is 4.99 Å². The highest BCUT2D eigenvalue weighted by Crippen LogP contribution is 2.26. The molecular formula is C24H21NO. The summed E-state index contributed by atoms with van der Waals surface area (Å²) in [6.07, 6.45) is 0. The van der Waals surface area contributed by atoms with Crippen LogP contribution in [0.4, 0.5) is 5.69 Å². The van der Waals surface area contributed by atoms with E-state index in [9.17, 15) is 0 Å². The van der Waals surface area contributed by atoms with Gasteiger partial charge in [0.25, 0.3) is 0 Å². The third-order valence-corrected chi connectivity index (χ3v) is 4.59. The van der Waals surface area contributed by atoms with Gasteiger partial charge >= 0.3 is 0 Å². The summed E-state index contributed by atoms with van der Waals surface area (Å²) in [4.78, 5) is 4.93. The molecule has 1 heterocycles. The van der Waals surface area contributed by atoms with Gasteiger partial charge in [0, 0.05) is 10.9 Å². The fourth-order valence-corrected chi connectivity index (χ4v) is 3.43. The highest BCUT2D eigenvalue weighted by molar-refractivity contribution is 5.84. The Kier molecular flexibility index (Phi) is 4.18. The summed E-state index contributed by atoms with van der Waals surface area (Å²) in [6, 6.07) is 24.8. The molecular weight excluding hydrogens is 318 g/mol. The predicted octanol–water partition coefficient (Wildman–Crippen LogP) is 6.26. The van der Waals surface area contributed by atoms with Crippen molar-refractivity contribution < 1.29 is 4.42 Å². The first-order chi connectivity index (χ1) is 12.6. The molecule has 0 atom stereocenters. The van der Waals surface area contributed by atoms with Gasteiger partial charge in [-0.05, 0) is 49.4 Å². The quantitative estimate of drug-likeness (QED) is 0.423. The van der Waals surface area contributed by atoms with Gasteiger partial charge in [0.2, 0.25) is 5.55 Å². The van der Waals surface area contributed by atoms with Gasteiger partial charge in [-0.25, -0.2) is 4.99 Å². The standard InChI is InChI=1S/C24H21NO/c1-16-13-17(2)23(18(3)14-16)25-24-21-12-8-7-11-20(21)15-22(26-24)19-9-5-4-6-10-19/h4-15H,1-3H3. The lowest BCUT2D eigenvalue weighted by atomic mass is 10.1. The molecule has 26 heavy (non-hydrogen) atoms. The van der Waals surface area contributed by atoms with Crippen molar-refractivity contribution in [3.05, 3.63) is 95.0 Å². The van der Waals surface area contributed by atoms with E-state index in [0.717, 1.165) is 38.9 Å². The third-order valence-electron chi connectivity index (χ3n) is 4.59. The van der Waals surface area contributed by atoms with Crippen LogP contribution in [0.5, 0.6) is 0 Å². The Morgan fingerprint density at radius 3 is 2.12 bits per heavy atom. The van der Waals surface area contributed by atoms with Crippen molar-refractivity contribution in [1.82, 2.24) is 0 Å². The second-order valence-corrected chi connectivity index (χ2v) is 6.73. The van der Waals surface area contributed by atoms with E-state index in [2.05, 4.69) is 63.2 Å². The average Bonchev–Trinajstić information content (AvgIpc) is 2.65. The number of hydrogen-bond acceptors (Lipinski definition) is 2. The van der Waals surface area contributed by atoms with Crippen LogP contribution < -0.4 is 5.55 Å². The zero-order valence-corrected chi connectivity index (χ0v) is 15.3. The molecule has 0 spiro atoms. The molecule has 128 valence electrons. The van der Waals surface area contributed by atoms with E-state index >= 15 is 0 Å². The maximum atomic E-state index is 6.25. The van der Waals surface area contributed by atoms with Crippen molar-refractivity contribution >= 4 is 16.5 Å². The first-order valence-electron chi connectivity index (χ1n) is 8.83. The maximum Gasteiger partial charge on any atom is 0.227 e. The monoisotopic (exact) mass is 339 g/mol. The molecule has 0 saturated heterocycles. The normalized spacial score (nSPS) is 11.9. The van der Waals surface area contributed by atoms with Gasteiger partial charge in [0.05, 0.1) is 5.69 Å². The van der Waals surface area contributed by atoms with Crippen LogP contribution in [0.2, 0.25) is 0 Å². The summed E-state index contributed by atoms with van der Waals surface area (Å²) in [5.41, 5.74) is 6.25. The maximum absolute atomic E-state index is 6.25. The van der Waals surface area contributed by atoms with Crippen molar-refractivity contribution in [1.29, 1.82) is 0 Å². The lowest BCUT2D eigenvalue weighted by molar-refractivity contribution is 0.520. The van der Waals surface area contributed by atoms with Crippen LogP contribution in [0.25, 0.3) is 22.1 Å². The highest BCUT2D eigenvalue weighted by Gasteiger charge is 2.07. The van der Waals surface area contributed by atoms with Crippen molar-refractivity contribution in [2.45, 2.75) is 20.8 Å². The second-order valence-electron chi connectivity index (χ2n) is 6.73. The number of rotatable bonds is 2. The van der Waals surface area contributed by atoms with Crippen LogP contribution in [0.3, 0.4) is 0 Å². The summed E-state index contributed by atoms with van der Waals surface area (Å²) in [7, 11) is 0. The zero-order chi connectivity index (χ0) is 18.1. The van der Waals surface area contributed by atoms with Gasteiger partial charge in [-0.15, -0.1) is 0 Å². The van der Waals surface area contributed by atoms with E-state index in [-0.39, 0.29) is 0 Å². The van der Waals surface area contributed by atoms with Crippen LogP contribution in [-0.4, -0.2) is 0 Å². The molecule has 0 aliphatic heterocycles. The predicted molar refractivity (Wildman–Crippen MR) is 108 cm³/mol. The van der Waals surface area contributed by atoms with Crippen LogP contribution in [-0.2, 0) is 0 Å². The van der Waals surface area contributed by atoms with E-state index < -0.39 is 0 Å². The minimum absolute atomic E-state index is 0.650. The SMILES string of the molecule is Cc1cc(C)c(N=c2oc(-c3ccccc3)cc3ccccc23)c(C)c1. The first kappa shape index (κ1) is 16.3. The topological polar surface area (TPSA) is 25.5 Å². The summed E-state index contributed by atoms with van der Waals surface area (Å²) >= 11 is 0. The molecule has 0 aliphatic carbocycles. The summed E-state index contributed by atoms with van der Waals surface area (Å²) < 4.78 is 6.25. The minimum atomic E-state index is 0.650. The Balaban J connectivity index is 2.03. The number of benzene rings is 3. The Morgan fingerprint density at radius 2 is 1.38 bits per heavy atom. The van der Waals surface area contributed by atoms with Gasteiger partial charge in [-0.1, -0.05) is 66.2 Å². The molecule has 3 aromatic carbocycles. The van der Waals surface area contributed by atoms with E-state index in [0.29, 0.717) is 5.55 Å². The van der Waals surface area contributed by atoms with Crippen LogP contribution in [0, 0.1) is 20.8 Å². The molecule has 4 aromatic rings. The lowest BCUT2D eigenvalue weighted by Crippen LogP contribution is -2.04. The molecule has 0 fully saturated rings. The van der Waals surface area contributed by atoms with E-state index in [1.54, 1.807) is 0 Å². The van der Waals surface area contributed by atoms with E-state index in [4.69, 9.17) is 9.41 Å². The van der Waals surface area contributed by atoms with Crippen molar-refractivity contribution in [3.8, 4) is 11.3 Å². The van der Waals surface area contributed by atoms with Gasteiger partial charge in [-0.3, -0.25) is 0 Å². The fraction of sp³-hybridized carbons (Fsp3) is 0.125. The number of hydrogen-bond donors (Lipinski definition) is 0. The van der Waals surface area contributed by atoms with Gasteiger partial charge in [0.15, 0.2) is 0 Å². The number of nitrogens with zero attached hydrogens (tertiary/aromatic N) is 1. The Bertz CT molecular complexity index is 1130. The molecule has 0 aliphatic rings. The summed E-state index contributed by atoms with van der Waals surface area (Å²) in [5.74, 6) is 0.825. The van der Waals surface area contributed by atoms with Gasteiger partial charge in [0.1, 0.15) is 5.76 Å². The zero-order valence-electron chi connectivity index (χ0n) is 15.3. The average molecular weight is 339 g/mol. The highest BCUT2D eigenvalue weighted by atomic mass is 16.3. The number of aryl methyl sites for hydroxylation is 3. The van der Waals surface area contributed by atoms with Crippen LogP contribution in [0.1, 0.15) is 16.7 Å². The molecule has 0 radical (unpaired) electrons. The first-order valence-corrected chi connectivity index (χ1v) is 8.83. The molecule has 0 saturated carbocycles. The smallest absolute Gasteiger partial charge is 0.227 e. The summed E-state index contributed by atoms with van der Waals surface area (Å²) in [6.45, 7) is 6.31. The molecule has 0 bridgehead atoms. The number of fused-ring (bicyclic) bond motifs is 1. The fourth-order valence-electron chi connectivity index (χ4n) is 3.43. The lowest BCUT2D eigenvalue weighted by Gasteiger charge is -2.08. The van der Waals surface area contributed by atoms with Crippen molar-refractivity contribution in [3.63, 3.8) is 0 Å².